The number of carbonyl (C=O) groups excluding carboxylic acids is 1. The van der Waals surface area contributed by atoms with Gasteiger partial charge in [-0.05, 0) is 42.3 Å². The molecule has 0 bridgehead atoms. The molecule has 8 heteroatoms. The van der Waals surface area contributed by atoms with Gasteiger partial charge in [-0.3, -0.25) is 4.79 Å². The minimum atomic E-state index is -4.77. The van der Waals surface area contributed by atoms with E-state index in [0.717, 1.165) is 16.6 Å². The number of fused-ring (bicyclic) bond motifs is 2. The fourth-order valence-corrected chi connectivity index (χ4v) is 3.93. The molecule has 2 heterocycles. The van der Waals surface area contributed by atoms with Gasteiger partial charge in [-0.2, -0.15) is 0 Å². The maximum atomic E-state index is 12.6. The SMILES string of the molecule is CC(C)(C)c1[nH]c2ccccc2c1CCNC(=O)c1cc2cc(OC(F)(F)F)ccc2[nH]1. The molecule has 0 aliphatic carbocycles. The van der Waals surface area contributed by atoms with Crippen molar-refractivity contribution in [3.63, 3.8) is 0 Å². The number of alkyl halides is 3. The lowest BCUT2D eigenvalue weighted by Gasteiger charge is -2.19. The van der Waals surface area contributed by atoms with Crippen LogP contribution in [0.1, 0.15) is 42.5 Å². The molecular weight excluding hydrogens is 419 g/mol. The summed E-state index contributed by atoms with van der Waals surface area (Å²) in [7, 11) is 0. The normalized spacial score (nSPS) is 12.4. The van der Waals surface area contributed by atoms with Crippen LogP contribution in [0.4, 0.5) is 13.2 Å². The van der Waals surface area contributed by atoms with Gasteiger partial charge in [0.25, 0.3) is 5.91 Å². The highest BCUT2D eigenvalue weighted by Gasteiger charge is 2.31. The molecule has 1 amide bonds. The van der Waals surface area contributed by atoms with Crippen LogP contribution in [0.2, 0.25) is 0 Å². The number of nitrogens with one attached hydrogen (secondary N) is 3. The van der Waals surface area contributed by atoms with Crippen molar-refractivity contribution in [3.05, 3.63) is 65.5 Å². The van der Waals surface area contributed by atoms with Crippen LogP contribution >= 0.6 is 0 Å². The van der Waals surface area contributed by atoms with Crippen LogP contribution < -0.4 is 10.1 Å². The summed E-state index contributed by atoms with van der Waals surface area (Å²) in [5.41, 5.74) is 4.11. The fraction of sp³-hybridized carbons (Fsp3) is 0.292. The summed E-state index contributed by atoms with van der Waals surface area (Å²) in [5.74, 6) is -0.651. The molecule has 0 spiro atoms. The first-order valence-corrected chi connectivity index (χ1v) is 10.3. The molecule has 0 saturated heterocycles. The molecule has 3 N–H and O–H groups in total. The van der Waals surface area contributed by atoms with Gasteiger partial charge in [0.2, 0.25) is 0 Å². The molecule has 5 nitrogen and oxygen atoms in total. The van der Waals surface area contributed by atoms with E-state index in [1.807, 2.05) is 18.2 Å². The molecule has 0 aliphatic heterocycles. The maximum absolute atomic E-state index is 12.6. The van der Waals surface area contributed by atoms with Crippen molar-refractivity contribution in [3.8, 4) is 5.75 Å². The standard InChI is InChI=1S/C24H24F3N3O2/c1-23(2,3)21-17(16-6-4-5-7-19(16)30-21)10-11-28-22(31)20-13-14-12-15(32-24(25,26)27)8-9-18(14)29-20/h4-9,12-13,29-30H,10-11H2,1-3H3,(H,28,31). The number of ether oxygens (including phenoxy) is 1. The molecule has 168 valence electrons. The van der Waals surface area contributed by atoms with Crippen LogP contribution in [0.15, 0.2) is 48.5 Å². The van der Waals surface area contributed by atoms with Crippen molar-refractivity contribution in [2.75, 3.05) is 6.54 Å². The minimum Gasteiger partial charge on any atom is -0.406 e. The summed E-state index contributed by atoms with van der Waals surface area (Å²) in [6.07, 6.45) is -4.12. The maximum Gasteiger partial charge on any atom is 0.573 e. The largest absolute Gasteiger partial charge is 0.573 e. The molecule has 4 rings (SSSR count). The Morgan fingerprint density at radius 2 is 1.75 bits per heavy atom. The van der Waals surface area contributed by atoms with E-state index in [4.69, 9.17) is 0 Å². The van der Waals surface area contributed by atoms with Gasteiger partial charge in [-0.15, -0.1) is 13.2 Å². The summed E-state index contributed by atoms with van der Waals surface area (Å²) in [5, 5.41) is 4.49. The quantitative estimate of drug-likeness (QED) is 0.364. The topological polar surface area (TPSA) is 69.9 Å². The number of rotatable bonds is 5. The average molecular weight is 443 g/mol. The average Bonchev–Trinajstić information content (AvgIpc) is 3.28. The number of halogens is 3. The number of hydrogen-bond acceptors (Lipinski definition) is 2. The van der Waals surface area contributed by atoms with E-state index in [1.165, 1.54) is 29.8 Å². The molecular formula is C24H24F3N3O2. The summed E-state index contributed by atoms with van der Waals surface area (Å²) < 4.78 is 41.2. The van der Waals surface area contributed by atoms with E-state index in [1.54, 1.807) is 0 Å². The van der Waals surface area contributed by atoms with Crippen molar-refractivity contribution in [2.45, 2.75) is 39.0 Å². The van der Waals surface area contributed by atoms with Crippen molar-refractivity contribution in [1.29, 1.82) is 0 Å². The number of aromatic amines is 2. The van der Waals surface area contributed by atoms with Crippen LogP contribution in [0.5, 0.6) is 5.75 Å². The van der Waals surface area contributed by atoms with Crippen LogP contribution in [0.3, 0.4) is 0 Å². The highest BCUT2D eigenvalue weighted by atomic mass is 19.4. The third-order valence-electron chi connectivity index (χ3n) is 5.29. The molecule has 4 aromatic rings. The lowest BCUT2D eigenvalue weighted by molar-refractivity contribution is -0.274. The van der Waals surface area contributed by atoms with Crippen LogP contribution in [-0.2, 0) is 11.8 Å². The smallest absolute Gasteiger partial charge is 0.406 e. The second-order valence-corrected chi connectivity index (χ2v) is 8.76. The first kappa shape index (κ1) is 21.8. The zero-order chi connectivity index (χ0) is 23.1. The first-order valence-electron chi connectivity index (χ1n) is 10.3. The minimum absolute atomic E-state index is 0.0776. The van der Waals surface area contributed by atoms with E-state index in [2.05, 4.69) is 46.9 Å². The zero-order valence-corrected chi connectivity index (χ0v) is 18.0. The molecule has 0 aliphatic rings. The van der Waals surface area contributed by atoms with E-state index < -0.39 is 6.36 Å². The number of amides is 1. The van der Waals surface area contributed by atoms with Gasteiger partial charge >= 0.3 is 6.36 Å². The predicted octanol–water partition coefficient (Wildman–Crippen LogP) is 5.82. The van der Waals surface area contributed by atoms with Crippen molar-refractivity contribution < 1.29 is 22.7 Å². The molecule has 0 saturated carbocycles. The third kappa shape index (κ3) is 4.59. The van der Waals surface area contributed by atoms with Crippen molar-refractivity contribution in [2.24, 2.45) is 0 Å². The Balaban J connectivity index is 1.48. The second-order valence-electron chi connectivity index (χ2n) is 8.76. The molecule has 2 aromatic carbocycles. The highest BCUT2D eigenvalue weighted by Crippen LogP contribution is 2.31. The van der Waals surface area contributed by atoms with Gasteiger partial charge in [0.05, 0.1) is 0 Å². The number of hydrogen-bond donors (Lipinski definition) is 3. The van der Waals surface area contributed by atoms with Gasteiger partial charge in [0.15, 0.2) is 0 Å². The molecule has 32 heavy (non-hydrogen) atoms. The molecule has 2 aromatic heterocycles. The van der Waals surface area contributed by atoms with Crippen molar-refractivity contribution >= 4 is 27.7 Å². The van der Waals surface area contributed by atoms with Gasteiger partial charge in [-0.1, -0.05) is 39.0 Å². The van der Waals surface area contributed by atoms with E-state index in [0.29, 0.717) is 23.9 Å². The monoisotopic (exact) mass is 443 g/mol. The number of para-hydroxylation sites is 1. The first-order chi connectivity index (χ1) is 15.0. The Hall–Kier alpha value is -3.42. The van der Waals surface area contributed by atoms with Gasteiger partial charge < -0.3 is 20.0 Å². The van der Waals surface area contributed by atoms with Gasteiger partial charge in [-0.25, -0.2) is 0 Å². The van der Waals surface area contributed by atoms with Gasteiger partial charge in [0.1, 0.15) is 11.4 Å². The Morgan fingerprint density at radius 1 is 1.00 bits per heavy atom. The van der Waals surface area contributed by atoms with Crippen LogP contribution in [-0.4, -0.2) is 28.8 Å². The number of H-pyrrole nitrogens is 2. The molecule has 0 fully saturated rings. The van der Waals surface area contributed by atoms with Crippen LogP contribution in [0.25, 0.3) is 21.8 Å². The van der Waals surface area contributed by atoms with Crippen LogP contribution in [0, 0.1) is 0 Å². The van der Waals surface area contributed by atoms with Crippen molar-refractivity contribution in [1.82, 2.24) is 15.3 Å². The lowest BCUT2D eigenvalue weighted by atomic mass is 9.88. The fourth-order valence-electron chi connectivity index (χ4n) is 3.93. The summed E-state index contributed by atoms with van der Waals surface area (Å²) >= 11 is 0. The summed E-state index contributed by atoms with van der Waals surface area (Å²) in [4.78, 5) is 19.1. The van der Waals surface area contributed by atoms with E-state index in [9.17, 15) is 18.0 Å². The van der Waals surface area contributed by atoms with Gasteiger partial charge in [0, 0.05) is 39.5 Å². The summed E-state index contributed by atoms with van der Waals surface area (Å²) in [6.45, 7) is 6.84. The Bertz CT molecular complexity index is 1280. The molecule has 0 radical (unpaired) electrons. The van der Waals surface area contributed by atoms with E-state index >= 15 is 0 Å². The molecule has 0 unspecified atom stereocenters. The lowest BCUT2D eigenvalue weighted by Crippen LogP contribution is -2.26. The van der Waals surface area contributed by atoms with E-state index in [-0.39, 0.29) is 22.8 Å². The number of benzene rings is 2. The zero-order valence-electron chi connectivity index (χ0n) is 18.0. The number of aromatic nitrogens is 2. The predicted molar refractivity (Wildman–Crippen MR) is 118 cm³/mol. The summed E-state index contributed by atoms with van der Waals surface area (Å²) in [6, 6.07) is 13.5. The highest BCUT2D eigenvalue weighted by molar-refractivity contribution is 5.98. The molecule has 0 atom stereocenters. The Kier molecular flexibility index (Phi) is 5.40. The Morgan fingerprint density at radius 3 is 2.47 bits per heavy atom. The third-order valence-corrected chi connectivity index (χ3v) is 5.29. The second kappa shape index (κ2) is 7.93. The Labute approximate surface area is 183 Å². The number of carbonyl (C=O) groups is 1.